The third kappa shape index (κ3) is 3.58. The van der Waals surface area contributed by atoms with E-state index in [1.54, 1.807) is 12.3 Å². The van der Waals surface area contributed by atoms with E-state index in [0.29, 0.717) is 24.7 Å². The summed E-state index contributed by atoms with van der Waals surface area (Å²) >= 11 is 0. The lowest BCUT2D eigenvalue weighted by molar-refractivity contribution is 0.138. The van der Waals surface area contributed by atoms with Crippen LogP contribution in [0.2, 0.25) is 0 Å². The molecular formula is C20H18N4O2. The molecule has 6 nitrogen and oxygen atoms in total. The van der Waals surface area contributed by atoms with Gasteiger partial charge in [-0.2, -0.15) is 5.26 Å². The van der Waals surface area contributed by atoms with E-state index in [-0.39, 0.29) is 6.10 Å². The Labute approximate surface area is 151 Å². The average Bonchev–Trinajstić information content (AvgIpc) is 3.19. The SMILES string of the molecule is N#Cc1cc(NCc2ccnc(OC3CCOC3)c2)c2ccccc2n1. The van der Waals surface area contributed by atoms with Crippen LogP contribution in [0.3, 0.4) is 0 Å². The Morgan fingerprint density at radius 3 is 3.04 bits per heavy atom. The van der Waals surface area contributed by atoms with Gasteiger partial charge < -0.3 is 14.8 Å². The second-order valence-corrected chi connectivity index (χ2v) is 6.14. The summed E-state index contributed by atoms with van der Waals surface area (Å²) in [6.07, 6.45) is 2.71. The van der Waals surface area contributed by atoms with E-state index < -0.39 is 0 Å². The van der Waals surface area contributed by atoms with Gasteiger partial charge in [0.25, 0.3) is 0 Å². The number of anilines is 1. The number of pyridine rings is 2. The molecule has 1 N–H and O–H groups in total. The van der Waals surface area contributed by atoms with Crippen LogP contribution in [0.4, 0.5) is 5.69 Å². The maximum absolute atomic E-state index is 9.20. The van der Waals surface area contributed by atoms with Gasteiger partial charge in [0.1, 0.15) is 17.9 Å². The molecule has 2 aromatic heterocycles. The fourth-order valence-corrected chi connectivity index (χ4v) is 2.98. The molecule has 26 heavy (non-hydrogen) atoms. The van der Waals surface area contributed by atoms with Crippen LogP contribution < -0.4 is 10.1 Å². The number of nitrogens with one attached hydrogen (secondary N) is 1. The number of ether oxygens (including phenoxy) is 2. The number of rotatable bonds is 5. The van der Waals surface area contributed by atoms with Crippen LogP contribution in [0.1, 0.15) is 17.7 Å². The second-order valence-electron chi connectivity index (χ2n) is 6.14. The minimum absolute atomic E-state index is 0.0769. The minimum atomic E-state index is 0.0769. The molecule has 1 atom stereocenters. The van der Waals surface area contributed by atoms with E-state index in [0.717, 1.165) is 35.2 Å². The van der Waals surface area contributed by atoms with Crippen LogP contribution in [0.25, 0.3) is 10.9 Å². The largest absolute Gasteiger partial charge is 0.472 e. The van der Waals surface area contributed by atoms with Crippen molar-refractivity contribution in [1.82, 2.24) is 9.97 Å². The third-order valence-electron chi connectivity index (χ3n) is 4.29. The second kappa shape index (κ2) is 7.38. The standard InChI is InChI=1S/C20H18N4O2/c21-11-15-10-19(17-3-1-2-4-18(17)24-15)23-12-14-5-7-22-20(9-14)26-16-6-8-25-13-16/h1-5,7,9-10,16H,6,8,12-13H2,(H,23,24). The molecule has 3 aromatic rings. The Morgan fingerprint density at radius 2 is 2.19 bits per heavy atom. The summed E-state index contributed by atoms with van der Waals surface area (Å²) in [5.74, 6) is 0.608. The van der Waals surface area contributed by atoms with Crippen LogP contribution in [0, 0.1) is 11.3 Å². The van der Waals surface area contributed by atoms with Gasteiger partial charge in [-0.3, -0.25) is 0 Å². The highest BCUT2D eigenvalue weighted by atomic mass is 16.5. The molecule has 1 saturated heterocycles. The summed E-state index contributed by atoms with van der Waals surface area (Å²) in [6.45, 7) is 1.95. The monoisotopic (exact) mass is 346 g/mol. The predicted octanol–water partition coefficient (Wildman–Crippen LogP) is 3.28. The van der Waals surface area contributed by atoms with E-state index in [4.69, 9.17) is 9.47 Å². The first-order valence-electron chi connectivity index (χ1n) is 8.55. The molecule has 0 spiro atoms. The average molecular weight is 346 g/mol. The molecule has 1 aliphatic rings. The van der Waals surface area contributed by atoms with E-state index in [9.17, 15) is 5.26 Å². The highest BCUT2D eigenvalue weighted by Crippen LogP contribution is 2.24. The number of benzene rings is 1. The zero-order chi connectivity index (χ0) is 17.8. The van der Waals surface area contributed by atoms with Crippen LogP contribution in [-0.4, -0.2) is 29.3 Å². The van der Waals surface area contributed by atoms with E-state index in [1.807, 2.05) is 36.4 Å². The van der Waals surface area contributed by atoms with Crippen molar-refractivity contribution in [3.63, 3.8) is 0 Å². The highest BCUT2D eigenvalue weighted by Gasteiger charge is 2.17. The molecule has 3 heterocycles. The molecule has 1 unspecified atom stereocenters. The molecule has 0 bridgehead atoms. The number of para-hydroxylation sites is 1. The molecule has 0 saturated carbocycles. The zero-order valence-corrected chi connectivity index (χ0v) is 14.2. The molecule has 1 fully saturated rings. The van der Waals surface area contributed by atoms with Gasteiger partial charge in [-0.25, -0.2) is 9.97 Å². The highest BCUT2D eigenvalue weighted by molar-refractivity contribution is 5.91. The molecule has 1 aromatic carbocycles. The zero-order valence-electron chi connectivity index (χ0n) is 14.2. The van der Waals surface area contributed by atoms with Gasteiger partial charge >= 0.3 is 0 Å². The van der Waals surface area contributed by atoms with E-state index in [1.165, 1.54) is 0 Å². The van der Waals surface area contributed by atoms with Crippen molar-refractivity contribution in [3.05, 3.63) is 59.9 Å². The van der Waals surface area contributed by atoms with Gasteiger partial charge in [-0.05, 0) is 23.8 Å². The number of hydrogen-bond donors (Lipinski definition) is 1. The van der Waals surface area contributed by atoms with Crippen molar-refractivity contribution >= 4 is 16.6 Å². The Hall–Kier alpha value is -3.17. The maximum Gasteiger partial charge on any atom is 0.213 e. The van der Waals surface area contributed by atoms with Gasteiger partial charge in [0, 0.05) is 36.3 Å². The van der Waals surface area contributed by atoms with Crippen molar-refractivity contribution in [2.45, 2.75) is 19.1 Å². The van der Waals surface area contributed by atoms with Crippen molar-refractivity contribution in [1.29, 1.82) is 5.26 Å². The number of nitrogens with zero attached hydrogens (tertiary/aromatic N) is 3. The summed E-state index contributed by atoms with van der Waals surface area (Å²) in [4.78, 5) is 8.61. The van der Waals surface area contributed by atoms with Gasteiger partial charge in [-0.15, -0.1) is 0 Å². The molecule has 0 amide bonds. The lowest BCUT2D eigenvalue weighted by Gasteiger charge is -2.13. The van der Waals surface area contributed by atoms with Crippen LogP contribution >= 0.6 is 0 Å². The first-order valence-corrected chi connectivity index (χ1v) is 8.55. The number of fused-ring (bicyclic) bond motifs is 1. The van der Waals surface area contributed by atoms with Crippen molar-refractivity contribution < 1.29 is 9.47 Å². The predicted molar refractivity (Wildman–Crippen MR) is 97.9 cm³/mol. The Kier molecular flexibility index (Phi) is 4.63. The lowest BCUT2D eigenvalue weighted by atomic mass is 10.1. The number of nitriles is 1. The Bertz CT molecular complexity index is 961. The van der Waals surface area contributed by atoms with Crippen LogP contribution in [-0.2, 0) is 11.3 Å². The van der Waals surface area contributed by atoms with Crippen LogP contribution in [0.15, 0.2) is 48.7 Å². The van der Waals surface area contributed by atoms with Gasteiger partial charge in [0.15, 0.2) is 0 Å². The molecule has 1 aliphatic heterocycles. The topological polar surface area (TPSA) is 80.1 Å². The maximum atomic E-state index is 9.20. The van der Waals surface area contributed by atoms with Crippen molar-refractivity contribution in [3.8, 4) is 11.9 Å². The summed E-state index contributed by atoms with van der Waals surface area (Å²) in [6, 6.07) is 15.5. The number of hydrogen-bond acceptors (Lipinski definition) is 6. The third-order valence-corrected chi connectivity index (χ3v) is 4.29. The molecule has 0 aliphatic carbocycles. The van der Waals surface area contributed by atoms with Crippen molar-refractivity contribution in [2.75, 3.05) is 18.5 Å². The molecule has 6 heteroatoms. The number of aromatic nitrogens is 2. The fourth-order valence-electron chi connectivity index (χ4n) is 2.98. The molecule has 130 valence electrons. The first kappa shape index (κ1) is 16.3. The van der Waals surface area contributed by atoms with Crippen molar-refractivity contribution in [2.24, 2.45) is 0 Å². The van der Waals surface area contributed by atoms with Gasteiger partial charge in [0.2, 0.25) is 5.88 Å². The summed E-state index contributed by atoms with van der Waals surface area (Å²) in [5.41, 5.74) is 3.13. The molecule has 4 rings (SSSR count). The minimum Gasteiger partial charge on any atom is -0.472 e. The first-order chi connectivity index (χ1) is 12.8. The Morgan fingerprint density at radius 1 is 1.27 bits per heavy atom. The normalized spacial score (nSPS) is 16.3. The van der Waals surface area contributed by atoms with Crippen LogP contribution in [0.5, 0.6) is 5.88 Å². The van der Waals surface area contributed by atoms with Gasteiger partial charge in [0.05, 0.1) is 18.7 Å². The summed E-state index contributed by atoms with van der Waals surface area (Å²) in [7, 11) is 0. The summed E-state index contributed by atoms with van der Waals surface area (Å²) < 4.78 is 11.2. The van der Waals surface area contributed by atoms with E-state index in [2.05, 4.69) is 21.4 Å². The molecule has 0 radical (unpaired) electrons. The Balaban J connectivity index is 1.52. The fraction of sp³-hybridized carbons (Fsp3) is 0.250. The lowest BCUT2D eigenvalue weighted by Crippen LogP contribution is -2.16. The summed E-state index contributed by atoms with van der Waals surface area (Å²) in [5, 5.41) is 13.6. The smallest absolute Gasteiger partial charge is 0.213 e. The van der Waals surface area contributed by atoms with E-state index >= 15 is 0 Å². The quantitative estimate of drug-likeness (QED) is 0.764. The molecular weight excluding hydrogens is 328 g/mol. The van der Waals surface area contributed by atoms with Gasteiger partial charge in [-0.1, -0.05) is 18.2 Å².